The lowest BCUT2D eigenvalue weighted by atomic mass is 10.2. The van der Waals surface area contributed by atoms with E-state index in [-0.39, 0.29) is 25.4 Å². The van der Waals surface area contributed by atoms with Gasteiger partial charge in [-0.15, -0.1) is 0 Å². The van der Waals surface area contributed by atoms with Gasteiger partial charge in [-0.3, -0.25) is 0 Å². The maximum atomic E-state index is 8.97. The predicted octanol–water partition coefficient (Wildman–Crippen LogP) is 0.917. The summed E-state index contributed by atoms with van der Waals surface area (Å²) < 4.78 is 5.68. The molecule has 0 saturated carbocycles. The van der Waals surface area contributed by atoms with Crippen LogP contribution in [0.3, 0.4) is 0 Å². The van der Waals surface area contributed by atoms with Crippen LogP contribution < -0.4 is 10.1 Å². The lowest BCUT2D eigenvalue weighted by molar-refractivity contribution is 0.169. The Balaban J connectivity index is 2.63. The van der Waals surface area contributed by atoms with Crippen molar-refractivity contribution >= 4 is 0 Å². The lowest BCUT2D eigenvalue weighted by Gasteiger charge is -2.17. The average molecular weight is 239 g/mol. The Morgan fingerprint density at radius 2 is 1.82 bits per heavy atom. The number of para-hydroxylation sites is 1. The molecule has 0 aliphatic rings. The second-order valence-electron chi connectivity index (χ2n) is 4.22. The van der Waals surface area contributed by atoms with Crippen molar-refractivity contribution in [3.8, 4) is 5.75 Å². The summed E-state index contributed by atoms with van der Waals surface area (Å²) in [7, 11) is 0. The molecule has 0 heterocycles. The number of aliphatic hydroxyl groups is 2. The van der Waals surface area contributed by atoms with Crippen molar-refractivity contribution in [2.45, 2.75) is 32.5 Å². The van der Waals surface area contributed by atoms with Crippen LogP contribution in [0.4, 0.5) is 0 Å². The van der Waals surface area contributed by atoms with Crippen molar-refractivity contribution in [1.29, 1.82) is 0 Å². The summed E-state index contributed by atoms with van der Waals surface area (Å²) in [6.07, 6.45) is 0.127. The van der Waals surface area contributed by atoms with Crippen LogP contribution in [0.5, 0.6) is 5.75 Å². The van der Waals surface area contributed by atoms with Gasteiger partial charge in [-0.05, 0) is 19.9 Å². The third-order valence-electron chi connectivity index (χ3n) is 2.36. The molecule has 1 rings (SSSR count). The van der Waals surface area contributed by atoms with Gasteiger partial charge in [-0.1, -0.05) is 18.2 Å². The van der Waals surface area contributed by atoms with Gasteiger partial charge in [0.2, 0.25) is 0 Å². The summed E-state index contributed by atoms with van der Waals surface area (Å²) in [5.41, 5.74) is 1.02. The van der Waals surface area contributed by atoms with Crippen LogP contribution in [-0.4, -0.2) is 35.6 Å². The normalized spacial score (nSPS) is 11.2. The van der Waals surface area contributed by atoms with Gasteiger partial charge in [0.05, 0.1) is 25.4 Å². The number of hydrogen-bond donors (Lipinski definition) is 3. The summed E-state index contributed by atoms with van der Waals surface area (Å²) in [6.45, 7) is 4.37. The van der Waals surface area contributed by atoms with E-state index in [1.807, 2.05) is 38.1 Å². The Labute approximate surface area is 102 Å². The van der Waals surface area contributed by atoms with Crippen LogP contribution in [0.2, 0.25) is 0 Å². The molecular formula is C13H21NO3. The van der Waals surface area contributed by atoms with Gasteiger partial charge in [0.25, 0.3) is 0 Å². The third kappa shape index (κ3) is 4.73. The number of aliphatic hydroxyl groups excluding tert-OH is 2. The third-order valence-corrected chi connectivity index (χ3v) is 2.36. The van der Waals surface area contributed by atoms with Gasteiger partial charge in [-0.25, -0.2) is 0 Å². The number of benzene rings is 1. The number of nitrogens with one attached hydrogen (secondary N) is 1. The first-order valence-corrected chi connectivity index (χ1v) is 5.87. The quantitative estimate of drug-likeness (QED) is 0.662. The van der Waals surface area contributed by atoms with Crippen molar-refractivity contribution < 1.29 is 14.9 Å². The van der Waals surface area contributed by atoms with E-state index in [0.29, 0.717) is 6.54 Å². The monoisotopic (exact) mass is 239 g/mol. The molecule has 0 unspecified atom stereocenters. The molecule has 3 N–H and O–H groups in total. The molecule has 0 atom stereocenters. The van der Waals surface area contributed by atoms with Crippen LogP contribution in [0.25, 0.3) is 0 Å². The highest BCUT2D eigenvalue weighted by Crippen LogP contribution is 2.19. The molecule has 0 bridgehead atoms. The van der Waals surface area contributed by atoms with Gasteiger partial charge < -0.3 is 20.3 Å². The van der Waals surface area contributed by atoms with E-state index in [1.54, 1.807) is 0 Å². The highest BCUT2D eigenvalue weighted by molar-refractivity contribution is 5.33. The van der Waals surface area contributed by atoms with Gasteiger partial charge in [0.1, 0.15) is 5.75 Å². The molecule has 0 radical (unpaired) electrons. The first kappa shape index (κ1) is 14.0. The molecule has 96 valence electrons. The molecule has 0 aliphatic carbocycles. The van der Waals surface area contributed by atoms with E-state index in [4.69, 9.17) is 14.9 Å². The molecule has 0 aromatic heterocycles. The van der Waals surface area contributed by atoms with E-state index in [1.165, 1.54) is 0 Å². The minimum Gasteiger partial charge on any atom is -0.491 e. The van der Waals surface area contributed by atoms with Crippen LogP contribution in [0, 0.1) is 0 Å². The zero-order chi connectivity index (χ0) is 12.7. The Hall–Kier alpha value is -1.10. The summed E-state index contributed by atoms with van der Waals surface area (Å²) in [5.74, 6) is 0.838. The minimum atomic E-state index is -0.290. The molecule has 1 aromatic carbocycles. The van der Waals surface area contributed by atoms with Crippen LogP contribution >= 0.6 is 0 Å². The predicted molar refractivity (Wildman–Crippen MR) is 67.0 cm³/mol. The zero-order valence-corrected chi connectivity index (χ0v) is 10.4. The van der Waals surface area contributed by atoms with Gasteiger partial charge in [0, 0.05) is 12.1 Å². The fourth-order valence-corrected chi connectivity index (χ4v) is 1.46. The van der Waals surface area contributed by atoms with Gasteiger partial charge in [0.15, 0.2) is 0 Å². The summed E-state index contributed by atoms with van der Waals surface area (Å²) in [5, 5.41) is 21.0. The van der Waals surface area contributed by atoms with E-state index in [2.05, 4.69) is 5.32 Å². The highest BCUT2D eigenvalue weighted by atomic mass is 16.5. The van der Waals surface area contributed by atoms with Crippen LogP contribution in [0.1, 0.15) is 19.4 Å². The fourth-order valence-electron chi connectivity index (χ4n) is 1.46. The molecular weight excluding hydrogens is 218 g/mol. The smallest absolute Gasteiger partial charge is 0.124 e. The molecule has 0 spiro atoms. The summed E-state index contributed by atoms with van der Waals surface area (Å²) in [6, 6.07) is 7.47. The minimum absolute atomic E-state index is 0.0797. The van der Waals surface area contributed by atoms with E-state index >= 15 is 0 Å². The first-order chi connectivity index (χ1) is 8.17. The van der Waals surface area contributed by atoms with Crippen molar-refractivity contribution in [2.24, 2.45) is 0 Å². The lowest BCUT2D eigenvalue weighted by Crippen LogP contribution is -2.35. The van der Waals surface area contributed by atoms with E-state index in [0.717, 1.165) is 11.3 Å². The fraction of sp³-hybridized carbons (Fsp3) is 0.538. The maximum absolute atomic E-state index is 8.97. The molecule has 1 aromatic rings. The Morgan fingerprint density at radius 1 is 1.18 bits per heavy atom. The first-order valence-electron chi connectivity index (χ1n) is 5.87. The average Bonchev–Trinajstić information content (AvgIpc) is 2.31. The van der Waals surface area contributed by atoms with Gasteiger partial charge in [-0.2, -0.15) is 0 Å². The van der Waals surface area contributed by atoms with Crippen molar-refractivity contribution in [2.75, 3.05) is 13.2 Å². The van der Waals surface area contributed by atoms with Crippen molar-refractivity contribution in [1.82, 2.24) is 5.32 Å². The number of ether oxygens (including phenoxy) is 1. The van der Waals surface area contributed by atoms with Crippen molar-refractivity contribution in [3.05, 3.63) is 29.8 Å². The zero-order valence-electron chi connectivity index (χ0n) is 10.4. The molecule has 0 fully saturated rings. The SMILES string of the molecule is CC(C)Oc1ccccc1CNC(CO)CO. The summed E-state index contributed by atoms with van der Waals surface area (Å²) in [4.78, 5) is 0. The second-order valence-corrected chi connectivity index (χ2v) is 4.22. The van der Waals surface area contributed by atoms with Crippen LogP contribution in [0.15, 0.2) is 24.3 Å². The topological polar surface area (TPSA) is 61.7 Å². The molecule has 0 amide bonds. The van der Waals surface area contributed by atoms with Crippen LogP contribution in [-0.2, 0) is 6.54 Å². The highest BCUT2D eigenvalue weighted by Gasteiger charge is 2.08. The molecule has 4 nitrogen and oxygen atoms in total. The largest absolute Gasteiger partial charge is 0.491 e. The molecule has 0 saturated heterocycles. The Bertz CT molecular complexity index is 324. The molecule has 4 heteroatoms. The Morgan fingerprint density at radius 3 is 2.41 bits per heavy atom. The van der Waals surface area contributed by atoms with Gasteiger partial charge >= 0.3 is 0 Å². The van der Waals surface area contributed by atoms with Crippen molar-refractivity contribution in [3.63, 3.8) is 0 Å². The summed E-state index contributed by atoms with van der Waals surface area (Å²) >= 11 is 0. The maximum Gasteiger partial charge on any atom is 0.124 e. The number of rotatable bonds is 7. The van der Waals surface area contributed by atoms with E-state index in [9.17, 15) is 0 Å². The second kappa shape index (κ2) is 7.27. The standard InChI is InChI=1S/C13H21NO3/c1-10(2)17-13-6-4-3-5-11(13)7-14-12(8-15)9-16/h3-6,10,12,14-16H,7-9H2,1-2H3. The van der Waals surface area contributed by atoms with E-state index < -0.39 is 0 Å². The molecule has 17 heavy (non-hydrogen) atoms. The molecule has 0 aliphatic heterocycles. The Kier molecular flexibility index (Phi) is 5.97. The number of hydrogen-bond acceptors (Lipinski definition) is 4.